The maximum atomic E-state index is 10.9. The van der Waals surface area contributed by atoms with E-state index in [1.165, 1.54) is 12.1 Å². The van der Waals surface area contributed by atoms with E-state index in [-0.39, 0.29) is 10.4 Å². The quantitative estimate of drug-likeness (QED) is 0.624. The van der Waals surface area contributed by atoms with Gasteiger partial charge in [0.15, 0.2) is 0 Å². The molecule has 94 valence electrons. The van der Waals surface area contributed by atoms with E-state index in [1.807, 2.05) is 0 Å². The summed E-state index contributed by atoms with van der Waals surface area (Å²) in [5.41, 5.74) is 7.62. The van der Waals surface area contributed by atoms with Crippen LogP contribution in [0.2, 0.25) is 0 Å². The number of anilines is 2. The van der Waals surface area contributed by atoms with Crippen LogP contribution in [0, 0.1) is 0 Å². The number of nitrogen functional groups attached to an aromatic ring is 1. The number of nitrogens with one attached hydrogen (secondary N) is 2. The summed E-state index contributed by atoms with van der Waals surface area (Å²) in [7, 11) is 0. The van der Waals surface area contributed by atoms with Gasteiger partial charge in [0.1, 0.15) is 0 Å². The van der Waals surface area contributed by atoms with Gasteiger partial charge < -0.3 is 21.1 Å². The Balaban J connectivity index is 2.10. The normalized spacial score (nSPS) is 10.2. The van der Waals surface area contributed by atoms with Gasteiger partial charge in [-0.1, -0.05) is 11.3 Å². The average molecular weight is 265 g/mol. The van der Waals surface area contributed by atoms with Gasteiger partial charge in [-0.05, 0) is 18.2 Å². The van der Waals surface area contributed by atoms with E-state index in [1.54, 1.807) is 11.4 Å². The summed E-state index contributed by atoms with van der Waals surface area (Å²) in [5, 5.41) is 13.5. The molecule has 0 saturated heterocycles. The van der Waals surface area contributed by atoms with Crippen LogP contribution in [0.15, 0.2) is 28.4 Å². The molecule has 0 aliphatic rings. The topological polar surface area (TPSA) is 108 Å². The van der Waals surface area contributed by atoms with Crippen LogP contribution in [0.1, 0.15) is 16.1 Å². The molecule has 0 atom stereocenters. The Labute approximate surface area is 106 Å². The summed E-state index contributed by atoms with van der Waals surface area (Å²) in [4.78, 5) is 24.2. The molecule has 5 N–H and O–H groups in total. The van der Waals surface area contributed by atoms with Crippen LogP contribution in [0.25, 0.3) is 0 Å². The first kappa shape index (κ1) is 12.2. The Hall–Kier alpha value is -2.28. The average Bonchev–Trinajstić information content (AvgIpc) is 2.73. The third kappa shape index (κ3) is 2.69. The molecule has 0 radical (unpaired) electrons. The van der Waals surface area contributed by atoms with Gasteiger partial charge in [-0.15, -0.1) is 0 Å². The first-order chi connectivity index (χ1) is 8.56. The maximum Gasteiger partial charge on any atom is 0.335 e. The van der Waals surface area contributed by atoms with Gasteiger partial charge in [-0.2, -0.15) is 0 Å². The molecule has 0 aliphatic carbocycles. The van der Waals surface area contributed by atoms with Gasteiger partial charge >= 0.3 is 10.8 Å². The van der Waals surface area contributed by atoms with Crippen molar-refractivity contribution in [2.45, 2.75) is 6.54 Å². The lowest BCUT2D eigenvalue weighted by Gasteiger charge is -2.08. The van der Waals surface area contributed by atoms with E-state index in [0.29, 0.717) is 17.9 Å². The van der Waals surface area contributed by atoms with Gasteiger partial charge in [0, 0.05) is 11.1 Å². The minimum atomic E-state index is -1.02. The third-order valence-corrected chi connectivity index (χ3v) is 3.06. The number of nitrogens with two attached hydrogens (primary N) is 1. The van der Waals surface area contributed by atoms with Crippen LogP contribution in [0.3, 0.4) is 0 Å². The number of thiazole rings is 1. The van der Waals surface area contributed by atoms with E-state index >= 15 is 0 Å². The van der Waals surface area contributed by atoms with Crippen LogP contribution < -0.4 is 15.9 Å². The molecular formula is C11H11N3O3S. The van der Waals surface area contributed by atoms with Crippen LogP contribution >= 0.6 is 11.3 Å². The number of carboxylic acids is 1. The number of aromatic carboxylic acids is 1. The summed E-state index contributed by atoms with van der Waals surface area (Å²) < 4.78 is 0. The first-order valence-electron chi connectivity index (χ1n) is 5.09. The molecule has 1 aromatic heterocycles. The number of carboxylic acid groups (broad SMARTS) is 1. The summed E-state index contributed by atoms with van der Waals surface area (Å²) in [6.45, 7) is 0.426. The summed E-state index contributed by atoms with van der Waals surface area (Å²) >= 11 is 1.09. The highest BCUT2D eigenvalue weighted by Crippen LogP contribution is 2.20. The van der Waals surface area contributed by atoms with Gasteiger partial charge in [0.05, 0.1) is 23.5 Å². The Morgan fingerprint density at radius 3 is 2.83 bits per heavy atom. The number of aromatic nitrogens is 1. The molecule has 0 fully saturated rings. The van der Waals surface area contributed by atoms with E-state index in [2.05, 4.69) is 10.3 Å². The molecule has 1 heterocycles. The SMILES string of the molecule is Nc1cc(C(=O)O)ccc1NCc1csc(=O)[nH]1. The molecule has 0 spiro atoms. The number of benzene rings is 1. The number of hydrogen-bond acceptors (Lipinski definition) is 5. The van der Waals surface area contributed by atoms with E-state index in [0.717, 1.165) is 17.0 Å². The fraction of sp³-hybridized carbons (Fsp3) is 0.0909. The molecular weight excluding hydrogens is 254 g/mol. The molecule has 2 aromatic rings. The predicted octanol–water partition coefficient (Wildman–Crippen LogP) is 1.33. The lowest BCUT2D eigenvalue weighted by Crippen LogP contribution is -2.06. The number of carbonyl (C=O) groups is 1. The standard InChI is InChI=1S/C11H11N3O3S/c12-8-3-6(10(15)16)1-2-9(8)13-4-7-5-18-11(17)14-7/h1-3,5,13H,4,12H2,(H,14,17)(H,15,16). The zero-order valence-electron chi connectivity index (χ0n) is 9.27. The largest absolute Gasteiger partial charge is 0.478 e. The fourth-order valence-corrected chi connectivity index (χ4v) is 2.03. The lowest BCUT2D eigenvalue weighted by atomic mass is 10.1. The molecule has 1 aromatic carbocycles. The number of hydrogen-bond donors (Lipinski definition) is 4. The Kier molecular flexibility index (Phi) is 3.33. The van der Waals surface area contributed by atoms with E-state index < -0.39 is 5.97 Å². The van der Waals surface area contributed by atoms with Crippen molar-refractivity contribution in [2.75, 3.05) is 11.1 Å². The van der Waals surface area contributed by atoms with E-state index in [4.69, 9.17) is 10.8 Å². The van der Waals surface area contributed by atoms with Crippen molar-refractivity contribution in [2.24, 2.45) is 0 Å². The summed E-state index contributed by atoms with van der Waals surface area (Å²) in [6, 6.07) is 4.46. The molecule has 2 rings (SSSR count). The smallest absolute Gasteiger partial charge is 0.335 e. The van der Waals surface area contributed by atoms with Gasteiger partial charge in [-0.3, -0.25) is 4.79 Å². The van der Waals surface area contributed by atoms with Gasteiger partial charge in [0.2, 0.25) is 0 Å². The molecule has 0 unspecified atom stereocenters. The predicted molar refractivity (Wildman–Crippen MR) is 70.1 cm³/mol. The second-order valence-corrected chi connectivity index (χ2v) is 4.48. The molecule has 0 aliphatic heterocycles. The van der Waals surface area contributed by atoms with Gasteiger partial charge in [0.25, 0.3) is 0 Å². The zero-order chi connectivity index (χ0) is 13.1. The van der Waals surface area contributed by atoms with Crippen molar-refractivity contribution < 1.29 is 9.90 Å². The maximum absolute atomic E-state index is 10.9. The molecule has 18 heavy (non-hydrogen) atoms. The Bertz CT molecular complexity index is 632. The molecule has 0 amide bonds. The highest BCUT2D eigenvalue weighted by atomic mass is 32.1. The highest BCUT2D eigenvalue weighted by Gasteiger charge is 2.06. The fourth-order valence-electron chi connectivity index (χ4n) is 1.45. The molecule has 7 heteroatoms. The molecule has 0 saturated carbocycles. The van der Waals surface area contributed by atoms with Crippen molar-refractivity contribution in [3.05, 3.63) is 44.5 Å². The summed E-state index contributed by atoms with van der Waals surface area (Å²) in [6.07, 6.45) is 0. The zero-order valence-corrected chi connectivity index (χ0v) is 10.1. The van der Waals surface area contributed by atoms with Crippen molar-refractivity contribution in [3.8, 4) is 0 Å². The Morgan fingerprint density at radius 2 is 2.28 bits per heavy atom. The third-order valence-electron chi connectivity index (χ3n) is 2.34. The minimum absolute atomic E-state index is 0.110. The van der Waals surface area contributed by atoms with Gasteiger partial charge in [-0.25, -0.2) is 4.79 Å². The Morgan fingerprint density at radius 1 is 1.50 bits per heavy atom. The number of H-pyrrole nitrogens is 1. The van der Waals surface area contributed by atoms with Crippen molar-refractivity contribution in [1.29, 1.82) is 0 Å². The number of aromatic amines is 1. The molecule has 6 nitrogen and oxygen atoms in total. The monoisotopic (exact) mass is 265 g/mol. The molecule has 0 bridgehead atoms. The minimum Gasteiger partial charge on any atom is -0.478 e. The van der Waals surface area contributed by atoms with E-state index in [9.17, 15) is 9.59 Å². The van der Waals surface area contributed by atoms with Crippen molar-refractivity contribution in [1.82, 2.24) is 4.98 Å². The highest BCUT2D eigenvalue weighted by molar-refractivity contribution is 7.07. The van der Waals surface area contributed by atoms with Crippen LogP contribution in [0.5, 0.6) is 0 Å². The van der Waals surface area contributed by atoms with Crippen LogP contribution in [-0.2, 0) is 6.54 Å². The van der Waals surface area contributed by atoms with Crippen molar-refractivity contribution in [3.63, 3.8) is 0 Å². The first-order valence-corrected chi connectivity index (χ1v) is 5.97. The number of rotatable bonds is 4. The lowest BCUT2D eigenvalue weighted by molar-refractivity contribution is 0.0697. The summed E-state index contributed by atoms with van der Waals surface area (Å²) in [5.74, 6) is -1.02. The second kappa shape index (κ2) is 4.92. The van der Waals surface area contributed by atoms with Crippen molar-refractivity contribution >= 4 is 28.7 Å². The second-order valence-electron chi connectivity index (χ2n) is 3.63. The van der Waals surface area contributed by atoms with Crippen LogP contribution in [-0.4, -0.2) is 16.1 Å². The van der Waals surface area contributed by atoms with Crippen LogP contribution in [0.4, 0.5) is 11.4 Å².